The van der Waals surface area contributed by atoms with Gasteiger partial charge in [0.1, 0.15) is 11.4 Å². The van der Waals surface area contributed by atoms with Crippen LogP contribution in [0.4, 0.5) is 4.79 Å². The Labute approximate surface area is 191 Å². The Morgan fingerprint density at radius 1 is 1.13 bits per heavy atom. The van der Waals surface area contributed by atoms with Gasteiger partial charge < -0.3 is 15.2 Å². The van der Waals surface area contributed by atoms with Gasteiger partial charge >= 0.3 is 6.16 Å². The Hall–Kier alpha value is -2.74. The number of thioether (sulfide) groups is 1. The highest BCUT2D eigenvalue weighted by molar-refractivity contribution is 8.00. The molecule has 0 spiro atoms. The van der Waals surface area contributed by atoms with Gasteiger partial charge in [0, 0.05) is 11.3 Å². The molecule has 0 aliphatic carbocycles. The van der Waals surface area contributed by atoms with Crippen molar-refractivity contribution in [3.05, 3.63) is 95.4 Å². The first-order valence-electron chi connectivity index (χ1n) is 9.64. The van der Waals surface area contributed by atoms with Crippen LogP contribution in [-0.2, 0) is 14.3 Å². The number of benzene rings is 2. The number of hydrogen-bond acceptors (Lipinski definition) is 6. The first kappa shape index (κ1) is 22.9. The summed E-state index contributed by atoms with van der Waals surface area (Å²) in [7, 11) is 0. The number of carbonyl (C=O) groups is 2. The monoisotopic (exact) mass is 458 g/mol. The number of ether oxygens (including phenoxy) is 2. The average Bonchev–Trinajstić information content (AvgIpc) is 2.79. The molecular formula is C23H23ClN2O4S. The molecule has 0 saturated carbocycles. The summed E-state index contributed by atoms with van der Waals surface area (Å²) < 4.78 is 11.3. The van der Waals surface area contributed by atoms with Crippen LogP contribution in [0.15, 0.2) is 84.3 Å². The van der Waals surface area contributed by atoms with Gasteiger partial charge in [0.15, 0.2) is 6.10 Å². The molecule has 2 aliphatic heterocycles. The van der Waals surface area contributed by atoms with Crippen molar-refractivity contribution in [2.45, 2.75) is 24.4 Å². The van der Waals surface area contributed by atoms with Crippen LogP contribution in [-0.4, -0.2) is 34.1 Å². The summed E-state index contributed by atoms with van der Waals surface area (Å²) in [5, 5.41) is -0.228. The van der Waals surface area contributed by atoms with E-state index < -0.39 is 18.3 Å². The fourth-order valence-corrected chi connectivity index (χ4v) is 4.73. The highest BCUT2D eigenvalue weighted by Crippen LogP contribution is 2.40. The van der Waals surface area contributed by atoms with Crippen LogP contribution in [0.1, 0.15) is 24.2 Å². The van der Waals surface area contributed by atoms with Crippen LogP contribution < -0.4 is 5.73 Å². The second kappa shape index (κ2) is 10.0. The minimum Gasteiger partial charge on any atom is -0.421 e. The Morgan fingerprint density at radius 3 is 2.26 bits per heavy atom. The van der Waals surface area contributed by atoms with Crippen LogP contribution in [0.5, 0.6) is 0 Å². The summed E-state index contributed by atoms with van der Waals surface area (Å²) >= 11 is 1.55. The van der Waals surface area contributed by atoms with Crippen molar-refractivity contribution in [3.63, 3.8) is 0 Å². The number of β-lactam (4-membered cyclic amide) rings is 1. The molecule has 1 fully saturated rings. The van der Waals surface area contributed by atoms with Gasteiger partial charge in [0.2, 0.25) is 11.8 Å². The maximum absolute atomic E-state index is 12.8. The fourth-order valence-electron chi connectivity index (χ4n) is 3.49. The highest BCUT2D eigenvalue weighted by atomic mass is 35.5. The van der Waals surface area contributed by atoms with E-state index in [1.807, 2.05) is 79.7 Å². The van der Waals surface area contributed by atoms with Crippen molar-refractivity contribution in [1.29, 1.82) is 0 Å². The molecule has 0 radical (unpaired) electrons. The largest absolute Gasteiger partial charge is 0.516 e. The van der Waals surface area contributed by atoms with Crippen LogP contribution in [0, 0.1) is 0 Å². The molecule has 1 amide bonds. The summed E-state index contributed by atoms with van der Waals surface area (Å²) in [6.45, 7) is 1.87. The Morgan fingerprint density at radius 2 is 1.71 bits per heavy atom. The van der Waals surface area contributed by atoms with E-state index in [-0.39, 0.29) is 29.6 Å². The number of nitrogens with two attached hydrogens (primary N) is 1. The zero-order chi connectivity index (χ0) is 21.1. The predicted octanol–water partition coefficient (Wildman–Crippen LogP) is 4.38. The zero-order valence-electron chi connectivity index (χ0n) is 16.8. The Bertz CT molecular complexity index is 958. The van der Waals surface area contributed by atoms with E-state index in [1.54, 1.807) is 11.8 Å². The Balaban J connectivity index is 0.00000272. The number of halogens is 1. The number of nitrogens with zero attached hydrogens (tertiary/aromatic N) is 1. The van der Waals surface area contributed by atoms with Crippen LogP contribution >= 0.6 is 24.2 Å². The van der Waals surface area contributed by atoms with E-state index in [1.165, 1.54) is 4.90 Å². The quantitative estimate of drug-likeness (QED) is 0.529. The number of allylic oxidation sites excluding steroid dienone is 2. The molecule has 162 valence electrons. The highest BCUT2D eigenvalue weighted by Gasteiger charge is 2.51. The van der Waals surface area contributed by atoms with Gasteiger partial charge in [-0.1, -0.05) is 72.8 Å². The molecule has 4 rings (SSSR count). The fraction of sp³-hybridized carbons (Fsp3) is 0.217. The number of hydrogen-bond donors (Lipinski definition) is 1. The molecule has 0 aromatic heterocycles. The summed E-state index contributed by atoms with van der Waals surface area (Å²) in [6, 6.07) is 18.3. The predicted molar refractivity (Wildman–Crippen MR) is 122 cm³/mol. The molecule has 2 N–H and O–H groups in total. The lowest BCUT2D eigenvalue weighted by molar-refractivity contribution is -0.144. The van der Waals surface area contributed by atoms with E-state index in [2.05, 4.69) is 0 Å². The number of amides is 1. The van der Waals surface area contributed by atoms with Crippen molar-refractivity contribution in [3.8, 4) is 0 Å². The first-order valence-corrected chi connectivity index (χ1v) is 10.7. The standard InChI is InChI=1S/C23H22N2O4S.ClH/c1-2-9-17-14-30-22-18(24)20(26)25(22)21(17)29-23(27)28-19(15-10-5-3-6-11-15)16-12-7-4-8-13-16;/h2-13,18-19,22H,14,24H2,1H3;1H/b9-2-;/t18?,22-;/m0./s1. The number of carbonyl (C=O) groups excluding carboxylic acids is 2. The maximum Gasteiger partial charge on any atom is 0.516 e. The number of fused-ring (bicyclic) bond motifs is 1. The van der Waals surface area contributed by atoms with Crippen LogP contribution in [0.25, 0.3) is 0 Å². The Kier molecular flexibility index (Phi) is 7.43. The van der Waals surface area contributed by atoms with Gasteiger partial charge in [0.05, 0.1) is 0 Å². The molecule has 2 atom stereocenters. The molecule has 8 heteroatoms. The third-order valence-electron chi connectivity index (χ3n) is 4.95. The normalized spacial score (nSPS) is 20.2. The average molecular weight is 459 g/mol. The van der Waals surface area contributed by atoms with Gasteiger partial charge in [-0.2, -0.15) is 0 Å². The molecular weight excluding hydrogens is 436 g/mol. The smallest absolute Gasteiger partial charge is 0.421 e. The molecule has 2 aromatic rings. The molecule has 31 heavy (non-hydrogen) atoms. The van der Waals surface area contributed by atoms with Crippen molar-refractivity contribution < 1.29 is 19.1 Å². The molecule has 6 nitrogen and oxygen atoms in total. The molecule has 0 bridgehead atoms. The van der Waals surface area contributed by atoms with E-state index in [0.29, 0.717) is 5.75 Å². The van der Waals surface area contributed by atoms with Crippen LogP contribution in [0.3, 0.4) is 0 Å². The van der Waals surface area contributed by atoms with E-state index in [0.717, 1.165) is 16.7 Å². The lowest BCUT2D eigenvalue weighted by Crippen LogP contribution is -2.68. The molecule has 2 aliphatic rings. The van der Waals surface area contributed by atoms with Gasteiger partial charge in [-0.05, 0) is 18.1 Å². The lowest BCUT2D eigenvalue weighted by Gasteiger charge is -2.47. The molecule has 2 aromatic carbocycles. The minimum atomic E-state index is -0.872. The maximum atomic E-state index is 12.8. The SMILES string of the molecule is C/C=C\C1=C(OC(=O)OC(c2ccccc2)c2ccccc2)N2C(=O)C(N)[C@@H]2SC1.Cl. The van der Waals surface area contributed by atoms with Gasteiger partial charge in [-0.25, -0.2) is 4.79 Å². The van der Waals surface area contributed by atoms with Crippen molar-refractivity contribution in [2.75, 3.05) is 5.75 Å². The van der Waals surface area contributed by atoms with E-state index in [4.69, 9.17) is 15.2 Å². The molecule has 2 heterocycles. The van der Waals surface area contributed by atoms with Crippen molar-refractivity contribution >= 4 is 36.2 Å². The minimum absolute atomic E-state index is 0. The van der Waals surface area contributed by atoms with E-state index >= 15 is 0 Å². The zero-order valence-corrected chi connectivity index (χ0v) is 18.5. The summed E-state index contributed by atoms with van der Waals surface area (Å²) in [6.07, 6.45) is 2.16. The first-order chi connectivity index (χ1) is 14.6. The van der Waals surface area contributed by atoms with Crippen molar-refractivity contribution in [1.82, 2.24) is 4.90 Å². The van der Waals surface area contributed by atoms with Gasteiger partial charge in [-0.15, -0.1) is 24.2 Å². The number of rotatable bonds is 5. The van der Waals surface area contributed by atoms with Crippen molar-refractivity contribution in [2.24, 2.45) is 5.73 Å². The second-order valence-corrected chi connectivity index (χ2v) is 8.04. The van der Waals surface area contributed by atoms with Gasteiger partial charge in [-0.3, -0.25) is 9.69 Å². The van der Waals surface area contributed by atoms with Crippen LogP contribution in [0.2, 0.25) is 0 Å². The third kappa shape index (κ3) is 4.63. The summed E-state index contributed by atoms with van der Waals surface area (Å²) in [5.41, 5.74) is 8.28. The lowest BCUT2D eigenvalue weighted by atomic mass is 10.0. The molecule has 1 unspecified atom stereocenters. The molecule has 1 saturated heterocycles. The summed E-state index contributed by atoms with van der Waals surface area (Å²) in [5.74, 6) is 0.531. The van der Waals surface area contributed by atoms with Gasteiger partial charge in [0.25, 0.3) is 0 Å². The summed E-state index contributed by atoms with van der Waals surface area (Å²) in [4.78, 5) is 26.5. The topological polar surface area (TPSA) is 81.9 Å². The second-order valence-electron chi connectivity index (χ2n) is 6.94. The van der Waals surface area contributed by atoms with E-state index in [9.17, 15) is 9.59 Å². The third-order valence-corrected chi connectivity index (χ3v) is 6.28.